The number of hydrogen-bond acceptors (Lipinski definition) is 9. The molecule has 1 aromatic heterocycles. The van der Waals surface area contributed by atoms with Crippen molar-refractivity contribution in [2.75, 3.05) is 32.8 Å². The van der Waals surface area contributed by atoms with Gasteiger partial charge in [0, 0.05) is 26.4 Å². The van der Waals surface area contributed by atoms with Crippen LogP contribution in [0.5, 0.6) is 0 Å². The van der Waals surface area contributed by atoms with E-state index in [-0.39, 0.29) is 48.6 Å². The van der Waals surface area contributed by atoms with E-state index in [0.717, 1.165) is 47.6 Å². The Bertz CT molecular complexity index is 1360. The third kappa shape index (κ3) is 8.92. The maximum absolute atomic E-state index is 13.9. The summed E-state index contributed by atoms with van der Waals surface area (Å²) >= 11 is 1.58. The predicted molar refractivity (Wildman–Crippen MR) is 177 cm³/mol. The smallest absolute Gasteiger partial charge is 0.309 e. The monoisotopic (exact) mass is 655 g/mol. The number of piperidine rings is 1. The number of carbonyl (C=O) groups is 4. The quantitative estimate of drug-likeness (QED) is 0.313. The van der Waals surface area contributed by atoms with E-state index in [1.807, 2.05) is 64.4 Å². The van der Waals surface area contributed by atoms with Gasteiger partial charge in [-0.15, -0.1) is 11.3 Å². The molecule has 0 spiro atoms. The number of ether oxygens (including phenoxy) is 1. The van der Waals surface area contributed by atoms with Crippen molar-refractivity contribution in [3.05, 3.63) is 41.0 Å². The van der Waals surface area contributed by atoms with Crippen LogP contribution in [0.4, 0.5) is 0 Å². The zero-order valence-electron chi connectivity index (χ0n) is 27.9. The van der Waals surface area contributed by atoms with Crippen molar-refractivity contribution in [3.63, 3.8) is 0 Å². The molecule has 2 fully saturated rings. The second-order valence-electron chi connectivity index (χ2n) is 13.5. The Kier molecular flexibility index (Phi) is 12.0. The van der Waals surface area contributed by atoms with Crippen molar-refractivity contribution in [2.24, 2.45) is 11.3 Å². The van der Waals surface area contributed by atoms with Crippen LogP contribution in [-0.4, -0.2) is 94.6 Å². The SMILES string of the molecule is CCOC(=O)C1CCN(CC[C@H](NC(=O)[C@@H]2C[C@@H](O)CN2C(=O)[C@@H](NC(C)=O)C(C)(C)C)c2ccc(-c3scnc3C)cc2)CC1. The van der Waals surface area contributed by atoms with Gasteiger partial charge in [-0.2, -0.15) is 0 Å². The molecule has 4 atom stereocenters. The molecule has 2 aromatic rings. The van der Waals surface area contributed by atoms with E-state index < -0.39 is 23.6 Å². The molecule has 0 radical (unpaired) electrons. The Morgan fingerprint density at radius 3 is 2.35 bits per heavy atom. The van der Waals surface area contributed by atoms with Crippen LogP contribution in [0.2, 0.25) is 0 Å². The number of β-amino-alcohol motifs (C(OH)–C–C–N with tert-alkyl or cyclic N) is 1. The summed E-state index contributed by atoms with van der Waals surface area (Å²) in [6.45, 7) is 13.4. The molecule has 46 heavy (non-hydrogen) atoms. The second kappa shape index (κ2) is 15.5. The van der Waals surface area contributed by atoms with Gasteiger partial charge in [-0.05, 0) is 62.7 Å². The minimum Gasteiger partial charge on any atom is -0.466 e. The Morgan fingerprint density at radius 1 is 1.11 bits per heavy atom. The number of likely N-dealkylation sites (tertiary alicyclic amines) is 2. The van der Waals surface area contributed by atoms with Gasteiger partial charge in [0.15, 0.2) is 0 Å². The van der Waals surface area contributed by atoms with E-state index in [1.165, 1.54) is 11.8 Å². The average molecular weight is 656 g/mol. The molecule has 11 nitrogen and oxygen atoms in total. The first-order valence-corrected chi connectivity index (χ1v) is 17.1. The first kappa shape index (κ1) is 35.5. The molecular weight excluding hydrogens is 606 g/mol. The first-order chi connectivity index (χ1) is 21.8. The van der Waals surface area contributed by atoms with Crippen LogP contribution in [0, 0.1) is 18.3 Å². The fourth-order valence-electron chi connectivity index (χ4n) is 6.32. The average Bonchev–Trinajstić information content (AvgIpc) is 3.62. The van der Waals surface area contributed by atoms with Crippen molar-refractivity contribution in [1.82, 2.24) is 25.4 Å². The standard InChI is InChI=1S/C34H49N5O6S/c1-7-45-33(44)25-12-15-38(16-13-25)17-14-27(23-8-10-24(11-9-23)29-21(2)35-20-46-29)37-31(42)28-18-26(41)19-39(28)32(43)30(34(4,5)6)36-22(3)40/h8-11,20,25-28,30,41H,7,12-19H2,1-6H3,(H,36,40)(H,37,42)/t26-,27+,28+,30-/m1/s1. The number of aliphatic hydroxyl groups excluding tert-OH is 1. The van der Waals surface area contributed by atoms with Crippen molar-refractivity contribution in [1.29, 1.82) is 0 Å². The molecule has 3 N–H and O–H groups in total. The Hall–Kier alpha value is -3.35. The number of hydrogen-bond donors (Lipinski definition) is 3. The number of aryl methyl sites for hydroxylation is 1. The number of amides is 3. The van der Waals surface area contributed by atoms with Crippen molar-refractivity contribution < 1.29 is 29.0 Å². The van der Waals surface area contributed by atoms with Crippen molar-refractivity contribution in [2.45, 2.75) is 91.5 Å². The van der Waals surface area contributed by atoms with E-state index in [4.69, 9.17) is 4.74 Å². The maximum Gasteiger partial charge on any atom is 0.309 e. The molecule has 2 aliphatic rings. The highest BCUT2D eigenvalue weighted by Crippen LogP contribution is 2.31. The fourth-order valence-corrected chi connectivity index (χ4v) is 7.14. The molecule has 3 amide bonds. The molecule has 4 rings (SSSR count). The number of nitrogens with zero attached hydrogens (tertiary/aromatic N) is 3. The van der Waals surface area contributed by atoms with E-state index in [1.54, 1.807) is 11.3 Å². The van der Waals surface area contributed by atoms with Gasteiger partial charge < -0.3 is 30.3 Å². The normalized spacial score (nSPS) is 20.6. The molecule has 1 aromatic carbocycles. The molecule has 0 saturated carbocycles. The summed E-state index contributed by atoms with van der Waals surface area (Å²) < 4.78 is 5.22. The largest absolute Gasteiger partial charge is 0.466 e. The molecule has 252 valence electrons. The highest BCUT2D eigenvalue weighted by Gasteiger charge is 2.44. The summed E-state index contributed by atoms with van der Waals surface area (Å²) in [7, 11) is 0. The topological polar surface area (TPSA) is 141 Å². The predicted octanol–water partition coefficient (Wildman–Crippen LogP) is 3.45. The molecule has 12 heteroatoms. The number of aromatic nitrogens is 1. The maximum atomic E-state index is 13.9. The molecule has 2 aliphatic heterocycles. The highest BCUT2D eigenvalue weighted by molar-refractivity contribution is 7.13. The van der Waals surface area contributed by atoms with Crippen LogP contribution >= 0.6 is 11.3 Å². The lowest BCUT2D eigenvalue weighted by Crippen LogP contribution is -2.57. The van der Waals surface area contributed by atoms with Gasteiger partial charge in [-0.3, -0.25) is 19.2 Å². The minimum atomic E-state index is -0.872. The number of rotatable bonds is 11. The summed E-state index contributed by atoms with van der Waals surface area (Å²) in [4.78, 5) is 61.1. The number of benzene rings is 1. The van der Waals surface area contributed by atoms with Gasteiger partial charge in [0.2, 0.25) is 17.7 Å². The van der Waals surface area contributed by atoms with Crippen LogP contribution < -0.4 is 10.6 Å². The van der Waals surface area contributed by atoms with Gasteiger partial charge in [-0.1, -0.05) is 45.0 Å². The highest BCUT2D eigenvalue weighted by atomic mass is 32.1. The number of thiazole rings is 1. The van der Waals surface area contributed by atoms with Crippen LogP contribution in [0.3, 0.4) is 0 Å². The summed E-state index contributed by atoms with van der Waals surface area (Å²) in [6.07, 6.45) is 1.36. The number of carbonyl (C=O) groups excluding carboxylic acids is 4. The van der Waals surface area contributed by atoms with E-state index in [0.29, 0.717) is 19.6 Å². The summed E-state index contributed by atoms with van der Waals surface area (Å²) in [6, 6.07) is 6.04. The Labute approximate surface area is 276 Å². The molecule has 0 aliphatic carbocycles. The molecule has 0 bridgehead atoms. The summed E-state index contributed by atoms with van der Waals surface area (Å²) in [5.74, 6) is -1.27. The zero-order valence-corrected chi connectivity index (χ0v) is 28.7. The van der Waals surface area contributed by atoms with Gasteiger partial charge in [0.25, 0.3) is 0 Å². The van der Waals surface area contributed by atoms with Gasteiger partial charge in [0.1, 0.15) is 12.1 Å². The second-order valence-corrected chi connectivity index (χ2v) is 14.4. The van der Waals surface area contributed by atoms with Crippen LogP contribution in [0.25, 0.3) is 10.4 Å². The fraction of sp³-hybridized carbons (Fsp3) is 0.618. The first-order valence-electron chi connectivity index (χ1n) is 16.2. The lowest BCUT2D eigenvalue weighted by atomic mass is 9.85. The lowest BCUT2D eigenvalue weighted by molar-refractivity contribution is -0.149. The Morgan fingerprint density at radius 2 is 1.78 bits per heavy atom. The third-order valence-electron chi connectivity index (χ3n) is 8.90. The number of esters is 1. The molecule has 0 unspecified atom stereocenters. The van der Waals surface area contributed by atoms with E-state index in [2.05, 4.69) is 20.5 Å². The van der Waals surface area contributed by atoms with E-state index in [9.17, 15) is 24.3 Å². The van der Waals surface area contributed by atoms with Gasteiger partial charge in [0.05, 0.1) is 40.8 Å². The van der Waals surface area contributed by atoms with Crippen LogP contribution in [0.15, 0.2) is 29.8 Å². The summed E-state index contributed by atoms with van der Waals surface area (Å²) in [5.41, 5.74) is 4.18. The molecule has 3 heterocycles. The number of aliphatic hydroxyl groups is 1. The zero-order chi connectivity index (χ0) is 33.6. The van der Waals surface area contributed by atoms with Crippen LogP contribution in [0.1, 0.15) is 77.6 Å². The molecular formula is C34H49N5O6S. The van der Waals surface area contributed by atoms with Crippen molar-refractivity contribution in [3.8, 4) is 10.4 Å². The van der Waals surface area contributed by atoms with Gasteiger partial charge in [-0.25, -0.2) is 4.98 Å². The summed E-state index contributed by atoms with van der Waals surface area (Å²) in [5, 5.41) is 16.5. The lowest BCUT2D eigenvalue weighted by Gasteiger charge is -2.35. The van der Waals surface area contributed by atoms with Crippen LogP contribution in [-0.2, 0) is 23.9 Å². The van der Waals surface area contributed by atoms with Crippen molar-refractivity contribution >= 4 is 35.0 Å². The molecule has 2 saturated heterocycles. The third-order valence-corrected chi connectivity index (χ3v) is 9.88. The minimum absolute atomic E-state index is 0.0199. The number of nitrogens with one attached hydrogen (secondary N) is 2. The Balaban J connectivity index is 1.51. The van der Waals surface area contributed by atoms with E-state index >= 15 is 0 Å². The van der Waals surface area contributed by atoms with Gasteiger partial charge >= 0.3 is 5.97 Å².